The van der Waals surface area contributed by atoms with E-state index in [1.165, 1.54) is 37.8 Å². The van der Waals surface area contributed by atoms with Crippen molar-refractivity contribution in [2.24, 2.45) is 4.99 Å². The number of hydrogen-bond donors (Lipinski definition) is 0. The molecule has 2 aromatic carbocycles. The molecule has 1 saturated heterocycles. The Labute approximate surface area is 198 Å². The van der Waals surface area contributed by atoms with E-state index in [-0.39, 0.29) is 16.5 Å². The average molecular weight is 487 g/mol. The van der Waals surface area contributed by atoms with Crippen molar-refractivity contribution in [1.29, 1.82) is 0 Å². The minimum atomic E-state index is -3.54. The molecule has 0 spiro atoms. The van der Waals surface area contributed by atoms with Crippen molar-refractivity contribution in [2.75, 3.05) is 34.4 Å². The van der Waals surface area contributed by atoms with Gasteiger partial charge in [0.1, 0.15) is 0 Å². The molecule has 0 saturated carbocycles. The summed E-state index contributed by atoms with van der Waals surface area (Å²) in [6.07, 6.45) is 4.33. The van der Waals surface area contributed by atoms with Gasteiger partial charge in [-0.25, -0.2) is 18.2 Å². The van der Waals surface area contributed by atoms with E-state index in [0.717, 1.165) is 19.3 Å². The van der Waals surface area contributed by atoms with Gasteiger partial charge in [-0.05, 0) is 60.9 Å². The lowest BCUT2D eigenvalue weighted by Crippen LogP contribution is -2.35. The van der Waals surface area contributed by atoms with Gasteiger partial charge in [-0.1, -0.05) is 6.42 Å². The summed E-state index contributed by atoms with van der Waals surface area (Å²) < 4.78 is 48.5. The Morgan fingerprint density at radius 2 is 1.56 bits per heavy atom. The highest BCUT2D eigenvalue weighted by Gasteiger charge is 2.28. The zero-order chi connectivity index (χ0) is 24.3. The van der Waals surface area contributed by atoms with Gasteiger partial charge in [-0.3, -0.25) is 0 Å². The third-order valence-electron chi connectivity index (χ3n) is 5.67. The topological polar surface area (TPSA) is 104 Å². The molecule has 2 heterocycles. The maximum atomic E-state index is 12.8. The summed E-state index contributed by atoms with van der Waals surface area (Å²) in [5.41, 5.74) is 1.20. The number of esters is 1. The van der Waals surface area contributed by atoms with Gasteiger partial charge in [0.15, 0.2) is 17.2 Å². The number of rotatable bonds is 7. The van der Waals surface area contributed by atoms with Gasteiger partial charge >= 0.3 is 5.97 Å². The fourth-order valence-corrected chi connectivity index (χ4v) is 5.42. The molecule has 1 fully saturated rings. The summed E-state index contributed by atoms with van der Waals surface area (Å²) in [5, 5.41) is 0. The van der Waals surface area contributed by atoms with Crippen molar-refractivity contribution in [1.82, 2.24) is 4.31 Å². The van der Waals surface area contributed by atoms with E-state index in [9.17, 15) is 13.2 Å². The van der Waals surface area contributed by atoms with E-state index in [2.05, 4.69) is 4.99 Å². The van der Waals surface area contributed by atoms with Crippen LogP contribution < -0.4 is 14.2 Å². The van der Waals surface area contributed by atoms with E-state index in [1.54, 1.807) is 30.3 Å². The number of hydrogen-bond acceptors (Lipinski definition) is 8. The first-order valence-corrected chi connectivity index (χ1v) is 12.2. The number of sulfonamides is 1. The predicted molar refractivity (Wildman–Crippen MR) is 126 cm³/mol. The second kappa shape index (κ2) is 9.86. The van der Waals surface area contributed by atoms with Crippen LogP contribution in [0.3, 0.4) is 0 Å². The molecular formula is C24H26N2O7S. The van der Waals surface area contributed by atoms with Gasteiger partial charge < -0.3 is 18.9 Å². The highest BCUT2D eigenvalue weighted by Crippen LogP contribution is 2.39. The SMILES string of the molecule is COc1cc(/C=C2\N=C(c3ccc(S(=O)(=O)N4CCCCC4)cc3)OC2=O)cc(OC)c1OC. The second-order valence-corrected chi connectivity index (χ2v) is 9.72. The maximum absolute atomic E-state index is 12.8. The Morgan fingerprint density at radius 1 is 0.941 bits per heavy atom. The number of carbonyl (C=O) groups excluding carboxylic acids is 1. The number of nitrogens with zero attached hydrogens (tertiary/aromatic N) is 2. The largest absolute Gasteiger partial charge is 0.493 e. The minimum absolute atomic E-state index is 0.0919. The van der Waals surface area contributed by atoms with E-state index < -0.39 is 16.0 Å². The standard InChI is InChI=1S/C24H26N2O7S/c1-30-20-14-16(15-21(31-2)22(20)32-3)13-19-24(27)33-23(25-19)17-7-9-18(10-8-17)34(28,29)26-11-5-4-6-12-26/h7-10,13-15H,4-6,11-12H2,1-3H3/b19-13-. The summed E-state index contributed by atoms with van der Waals surface area (Å²) in [7, 11) is 0.970. The van der Waals surface area contributed by atoms with Crippen LogP contribution in [-0.2, 0) is 19.6 Å². The van der Waals surface area contributed by atoms with Crippen molar-refractivity contribution >= 4 is 28.0 Å². The molecule has 0 aromatic heterocycles. The Balaban J connectivity index is 1.60. The first-order chi connectivity index (χ1) is 16.4. The zero-order valence-electron chi connectivity index (χ0n) is 19.2. The molecule has 34 heavy (non-hydrogen) atoms. The Hall–Kier alpha value is -3.37. The molecule has 0 aliphatic carbocycles. The van der Waals surface area contributed by atoms with Gasteiger partial charge in [-0.15, -0.1) is 0 Å². The highest BCUT2D eigenvalue weighted by molar-refractivity contribution is 7.89. The molecule has 2 aliphatic rings. The first-order valence-electron chi connectivity index (χ1n) is 10.8. The number of cyclic esters (lactones) is 1. The van der Waals surface area contributed by atoms with E-state index in [1.807, 2.05) is 0 Å². The normalized spacial score (nSPS) is 17.9. The molecule has 180 valence electrons. The fraction of sp³-hybridized carbons (Fsp3) is 0.333. The molecule has 2 aliphatic heterocycles. The molecule has 0 atom stereocenters. The fourth-order valence-electron chi connectivity index (χ4n) is 3.90. The van der Waals surface area contributed by atoms with Gasteiger partial charge in [0.2, 0.25) is 21.7 Å². The summed E-state index contributed by atoms with van der Waals surface area (Å²) in [6.45, 7) is 1.06. The lowest BCUT2D eigenvalue weighted by atomic mass is 10.1. The predicted octanol–water partition coefficient (Wildman–Crippen LogP) is 3.23. The smallest absolute Gasteiger partial charge is 0.363 e. The molecule has 0 unspecified atom stereocenters. The molecule has 0 radical (unpaired) electrons. The van der Waals surface area contributed by atoms with Crippen molar-refractivity contribution in [2.45, 2.75) is 24.2 Å². The Morgan fingerprint density at radius 3 is 2.12 bits per heavy atom. The maximum Gasteiger partial charge on any atom is 0.363 e. The van der Waals surface area contributed by atoms with Gasteiger partial charge in [-0.2, -0.15) is 4.31 Å². The molecule has 0 bridgehead atoms. The van der Waals surface area contributed by atoms with Crippen molar-refractivity contribution in [3.05, 3.63) is 53.2 Å². The number of aliphatic imine (C=N–C) groups is 1. The summed E-state index contributed by atoms with van der Waals surface area (Å²) in [6, 6.07) is 9.58. The van der Waals surface area contributed by atoms with Gasteiger partial charge in [0.25, 0.3) is 0 Å². The summed E-state index contributed by atoms with van der Waals surface area (Å²) in [4.78, 5) is 16.9. The first kappa shape index (κ1) is 23.8. The number of benzene rings is 2. The molecule has 9 nitrogen and oxygen atoms in total. The molecule has 0 amide bonds. The Bertz CT molecular complexity index is 1220. The van der Waals surface area contributed by atoms with Crippen LogP contribution in [0, 0.1) is 0 Å². The van der Waals surface area contributed by atoms with E-state index in [4.69, 9.17) is 18.9 Å². The zero-order valence-corrected chi connectivity index (χ0v) is 20.1. The third-order valence-corrected chi connectivity index (χ3v) is 7.58. The van der Waals surface area contributed by atoms with Crippen LogP contribution in [0.1, 0.15) is 30.4 Å². The second-order valence-electron chi connectivity index (χ2n) is 7.78. The van der Waals surface area contributed by atoms with Crippen LogP contribution in [0.2, 0.25) is 0 Å². The lowest BCUT2D eigenvalue weighted by Gasteiger charge is -2.25. The van der Waals surface area contributed by atoms with E-state index >= 15 is 0 Å². The van der Waals surface area contributed by atoms with Crippen LogP contribution in [0.25, 0.3) is 6.08 Å². The van der Waals surface area contributed by atoms with Crippen LogP contribution in [0.4, 0.5) is 0 Å². The number of carbonyl (C=O) groups is 1. The van der Waals surface area contributed by atoms with Crippen LogP contribution in [0.15, 0.2) is 52.0 Å². The van der Waals surface area contributed by atoms with E-state index in [0.29, 0.717) is 41.5 Å². The summed E-state index contributed by atoms with van der Waals surface area (Å²) >= 11 is 0. The highest BCUT2D eigenvalue weighted by atomic mass is 32.2. The summed E-state index contributed by atoms with van der Waals surface area (Å²) in [5.74, 6) is 0.800. The minimum Gasteiger partial charge on any atom is -0.493 e. The quantitative estimate of drug-likeness (QED) is 0.437. The molecule has 4 rings (SSSR count). The lowest BCUT2D eigenvalue weighted by molar-refractivity contribution is -0.129. The molecular weight excluding hydrogens is 460 g/mol. The Kier molecular flexibility index (Phi) is 6.90. The van der Waals surface area contributed by atoms with Gasteiger partial charge in [0.05, 0.1) is 26.2 Å². The van der Waals surface area contributed by atoms with Crippen molar-refractivity contribution in [3.8, 4) is 17.2 Å². The van der Waals surface area contributed by atoms with Crippen LogP contribution in [-0.4, -0.2) is 59.0 Å². The third kappa shape index (κ3) is 4.64. The molecule has 2 aromatic rings. The van der Waals surface area contributed by atoms with Crippen molar-refractivity contribution < 1.29 is 32.2 Å². The average Bonchev–Trinajstić information content (AvgIpc) is 3.23. The van der Waals surface area contributed by atoms with Crippen molar-refractivity contribution in [3.63, 3.8) is 0 Å². The molecule has 10 heteroatoms. The van der Waals surface area contributed by atoms with Crippen LogP contribution in [0.5, 0.6) is 17.2 Å². The van der Waals surface area contributed by atoms with Gasteiger partial charge in [0, 0.05) is 18.7 Å². The van der Waals surface area contributed by atoms with Crippen LogP contribution >= 0.6 is 0 Å². The number of ether oxygens (including phenoxy) is 4. The molecule has 0 N–H and O–H groups in total. The number of methoxy groups -OCH3 is 3. The monoisotopic (exact) mass is 486 g/mol. The number of piperidine rings is 1.